The Morgan fingerprint density at radius 1 is 1.00 bits per heavy atom. The summed E-state index contributed by atoms with van der Waals surface area (Å²) in [5.41, 5.74) is 2.48. The van der Waals surface area contributed by atoms with Crippen molar-refractivity contribution in [1.29, 1.82) is 0 Å². The van der Waals surface area contributed by atoms with Gasteiger partial charge in [0.2, 0.25) is 0 Å². The fraction of sp³-hybridized carbons (Fsp3) is 0.0714. The second-order valence-corrected chi connectivity index (χ2v) is 4.15. The highest BCUT2D eigenvalue weighted by molar-refractivity contribution is 6.14. The molecule has 4 nitrogen and oxygen atoms in total. The number of anilines is 1. The molecule has 0 fully saturated rings. The Hall–Kier alpha value is -2.33. The molecule has 0 bridgehead atoms. The van der Waals surface area contributed by atoms with Crippen LogP contribution in [0.2, 0.25) is 0 Å². The Morgan fingerprint density at radius 3 is 2.39 bits per heavy atom. The maximum Gasteiger partial charge on any atom is 0.123 e. The van der Waals surface area contributed by atoms with Gasteiger partial charge in [-0.2, -0.15) is 0 Å². The van der Waals surface area contributed by atoms with Crippen LogP contribution in [0.25, 0.3) is 0 Å². The maximum atomic E-state index is 11.1. The topological polar surface area (TPSA) is 58.9 Å². The molecule has 18 heavy (non-hydrogen) atoms. The Kier molecular flexibility index (Phi) is 2.50. The van der Waals surface area contributed by atoms with Crippen molar-refractivity contribution in [2.45, 2.75) is 6.04 Å². The van der Waals surface area contributed by atoms with Gasteiger partial charge in [0.25, 0.3) is 0 Å². The van der Waals surface area contributed by atoms with E-state index in [1.165, 1.54) is 0 Å². The monoisotopic (exact) mass is 239 g/mol. The van der Waals surface area contributed by atoms with Crippen LogP contribution in [0, 0.1) is 5.21 Å². The van der Waals surface area contributed by atoms with Crippen LogP contribution in [-0.4, -0.2) is 10.9 Å². The van der Waals surface area contributed by atoms with Crippen LogP contribution < -0.4 is 5.06 Å². The Labute approximate surface area is 104 Å². The Balaban J connectivity index is 2.14. The molecular weight excluding hydrogens is 228 g/mol. The van der Waals surface area contributed by atoms with E-state index in [0.717, 1.165) is 10.6 Å². The van der Waals surface area contributed by atoms with Crippen LogP contribution >= 0.6 is 0 Å². The molecule has 0 aliphatic carbocycles. The van der Waals surface area contributed by atoms with Crippen molar-refractivity contribution in [3.05, 3.63) is 70.9 Å². The first-order chi connectivity index (χ1) is 8.83. The molecule has 0 aromatic heterocycles. The summed E-state index contributed by atoms with van der Waals surface area (Å²) in [5.74, 6) is 0. The number of benzene rings is 2. The SMILES string of the molecule is [O-]N=C1c2ccccc2N(O)C1c1ccccc1. The van der Waals surface area contributed by atoms with Gasteiger partial charge in [-0.3, -0.25) is 5.21 Å². The quantitative estimate of drug-likeness (QED) is 0.778. The van der Waals surface area contributed by atoms with E-state index in [-0.39, 0.29) is 0 Å². The first-order valence-corrected chi connectivity index (χ1v) is 5.65. The molecule has 0 saturated carbocycles. The first-order valence-electron chi connectivity index (χ1n) is 5.65. The van der Waals surface area contributed by atoms with E-state index in [9.17, 15) is 10.4 Å². The second kappa shape index (κ2) is 4.16. The summed E-state index contributed by atoms with van der Waals surface area (Å²) < 4.78 is 0. The molecule has 0 amide bonds. The van der Waals surface area contributed by atoms with Crippen molar-refractivity contribution in [2.75, 3.05) is 5.06 Å². The summed E-state index contributed by atoms with van der Waals surface area (Å²) in [5, 5.41) is 25.5. The van der Waals surface area contributed by atoms with Gasteiger partial charge in [0.15, 0.2) is 0 Å². The van der Waals surface area contributed by atoms with Gasteiger partial charge in [-0.25, -0.2) is 5.06 Å². The minimum atomic E-state index is -0.527. The van der Waals surface area contributed by atoms with E-state index in [1.54, 1.807) is 12.1 Å². The number of rotatable bonds is 1. The van der Waals surface area contributed by atoms with Crippen molar-refractivity contribution in [3.8, 4) is 0 Å². The third-order valence-corrected chi connectivity index (χ3v) is 3.14. The van der Waals surface area contributed by atoms with Gasteiger partial charge in [-0.1, -0.05) is 48.5 Å². The van der Waals surface area contributed by atoms with Crippen molar-refractivity contribution < 1.29 is 5.21 Å². The normalized spacial score (nSPS) is 20.2. The number of nitrogens with zero attached hydrogens (tertiary/aromatic N) is 2. The van der Waals surface area contributed by atoms with Gasteiger partial charge in [0.05, 0.1) is 11.4 Å². The zero-order valence-electron chi connectivity index (χ0n) is 9.52. The lowest BCUT2D eigenvalue weighted by Crippen LogP contribution is -2.24. The molecule has 0 saturated heterocycles. The molecule has 1 heterocycles. The molecule has 0 spiro atoms. The summed E-state index contributed by atoms with van der Waals surface area (Å²) in [7, 11) is 0. The van der Waals surface area contributed by atoms with Gasteiger partial charge in [-0.15, -0.1) is 0 Å². The van der Waals surface area contributed by atoms with Crippen molar-refractivity contribution >= 4 is 11.4 Å². The number of para-hydroxylation sites is 1. The summed E-state index contributed by atoms with van der Waals surface area (Å²) in [4.78, 5) is 0. The number of hydrogen-bond donors (Lipinski definition) is 1. The molecule has 2 aromatic rings. The minimum Gasteiger partial charge on any atom is -0.792 e. The second-order valence-electron chi connectivity index (χ2n) is 4.15. The van der Waals surface area contributed by atoms with Gasteiger partial charge >= 0.3 is 0 Å². The Bertz CT molecular complexity index is 596. The fourth-order valence-corrected chi connectivity index (χ4v) is 2.33. The minimum absolute atomic E-state index is 0.347. The molecule has 1 N–H and O–H groups in total. The molecule has 1 aliphatic rings. The smallest absolute Gasteiger partial charge is 0.123 e. The van der Waals surface area contributed by atoms with E-state index >= 15 is 0 Å². The fourth-order valence-electron chi connectivity index (χ4n) is 2.33. The van der Waals surface area contributed by atoms with Crippen LogP contribution in [0.4, 0.5) is 5.69 Å². The van der Waals surface area contributed by atoms with E-state index in [0.29, 0.717) is 17.0 Å². The lowest BCUT2D eigenvalue weighted by molar-refractivity contribution is 0.244. The van der Waals surface area contributed by atoms with Gasteiger partial charge in [0.1, 0.15) is 6.04 Å². The Morgan fingerprint density at radius 2 is 1.67 bits per heavy atom. The van der Waals surface area contributed by atoms with Crippen LogP contribution in [0.1, 0.15) is 17.2 Å². The maximum absolute atomic E-state index is 11.1. The van der Waals surface area contributed by atoms with E-state index in [2.05, 4.69) is 5.16 Å². The van der Waals surface area contributed by atoms with Crippen LogP contribution in [-0.2, 0) is 0 Å². The number of hydrogen-bond acceptors (Lipinski definition) is 4. The van der Waals surface area contributed by atoms with Crippen molar-refractivity contribution in [1.82, 2.24) is 0 Å². The van der Waals surface area contributed by atoms with Gasteiger partial charge in [-0.05, 0) is 11.6 Å². The molecule has 1 atom stereocenters. The highest BCUT2D eigenvalue weighted by Gasteiger charge is 2.34. The number of fused-ring (bicyclic) bond motifs is 1. The average molecular weight is 239 g/mol. The highest BCUT2D eigenvalue weighted by atomic mass is 16.5. The largest absolute Gasteiger partial charge is 0.792 e. The van der Waals surface area contributed by atoms with E-state index in [1.807, 2.05) is 42.5 Å². The van der Waals surface area contributed by atoms with Crippen molar-refractivity contribution in [3.63, 3.8) is 0 Å². The lowest BCUT2D eigenvalue weighted by Gasteiger charge is -2.21. The van der Waals surface area contributed by atoms with E-state index < -0.39 is 6.04 Å². The zero-order valence-corrected chi connectivity index (χ0v) is 9.52. The summed E-state index contributed by atoms with van der Waals surface area (Å²) in [6.45, 7) is 0. The summed E-state index contributed by atoms with van der Waals surface area (Å²) >= 11 is 0. The zero-order chi connectivity index (χ0) is 12.5. The van der Waals surface area contributed by atoms with E-state index in [4.69, 9.17) is 0 Å². The highest BCUT2D eigenvalue weighted by Crippen LogP contribution is 2.39. The van der Waals surface area contributed by atoms with Gasteiger partial charge in [0, 0.05) is 5.56 Å². The lowest BCUT2D eigenvalue weighted by atomic mass is 10.0. The van der Waals surface area contributed by atoms with Crippen LogP contribution in [0.5, 0.6) is 0 Å². The summed E-state index contributed by atoms with van der Waals surface area (Å²) in [6, 6.07) is 16.0. The van der Waals surface area contributed by atoms with Crippen LogP contribution in [0.3, 0.4) is 0 Å². The molecule has 1 unspecified atom stereocenters. The molecule has 90 valence electrons. The number of hydroxylamine groups is 1. The van der Waals surface area contributed by atoms with Crippen molar-refractivity contribution in [2.24, 2.45) is 5.16 Å². The molecule has 0 radical (unpaired) electrons. The summed E-state index contributed by atoms with van der Waals surface area (Å²) in [6.07, 6.45) is 0. The predicted molar refractivity (Wildman–Crippen MR) is 69.8 cm³/mol. The predicted octanol–water partition coefficient (Wildman–Crippen LogP) is 2.92. The first kappa shape index (κ1) is 10.8. The standard InChI is InChI=1S/C14H12N2O2/c17-15-13-11-8-4-5-9-12(11)16(18)14(13)10-6-2-1-3-7-10/h1-9,14,17-18H/p-1. The molecular formula is C14H11N2O2-. The molecule has 4 heteroatoms. The third kappa shape index (κ3) is 1.47. The molecule has 2 aromatic carbocycles. The average Bonchev–Trinajstić information content (AvgIpc) is 2.73. The molecule has 3 rings (SSSR count). The van der Waals surface area contributed by atoms with Crippen LogP contribution in [0.15, 0.2) is 59.8 Å². The third-order valence-electron chi connectivity index (χ3n) is 3.14. The molecule has 1 aliphatic heterocycles. The van der Waals surface area contributed by atoms with Gasteiger partial charge < -0.3 is 10.4 Å².